The van der Waals surface area contributed by atoms with Gasteiger partial charge >= 0.3 is 5.97 Å². The summed E-state index contributed by atoms with van der Waals surface area (Å²) in [6.07, 6.45) is 6.65. The number of hydrogen-bond donors (Lipinski definition) is 1. The molecular formula is C27H28ClN3O3. The van der Waals surface area contributed by atoms with Gasteiger partial charge in [-0.25, -0.2) is 0 Å². The SMILES string of the molecule is CC(C)(C)c1cc(-c2cncc(-c3ccc(C(=O)N4CCCC(C(=O)O)C4)cc3Cl)c2)ccn1. The minimum Gasteiger partial charge on any atom is -0.481 e. The molecule has 7 heteroatoms. The third-order valence-corrected chi connectivity index (χ3v) is 6.50. The van der Waals surface area contributed by atoms with Crippen molar-refractivity contribution < 1.29 is 14.7 Å². The van der Waals surface area contributed by atoms with Crippen molar-refractivity contribution in [2.75, 3.05) is 13.1 Å². The molecule has 0 saturated carbocycles. The molecule has 4 rings (SSSR count). The second-order valence-electron chi connectivity index (χ2n) is 9.77. The fourth-order valence-corrected chi connectivity index (χ4v) is 4.48. The molecule has 6 nitrogen and oxygen atoms in total. The molecule has 0 aliphatic carbocycles. The topological polar surface area (TPSA) is 83.4 Å². The molecule has 0 bridgehead atoms. The molecule has 3 aromatic rings. The van der Waals surface area contributed by atoms with Crippen molar-refractivity contribution >= 4 is 23.5 Å². The number of amides is 1. The molecule has 34 heavy (non-hydrogen) atoms. The molecule has 1 aromatic carbocycles. The fraction of sp³-hybridized carbons (Fsp3) is 0.333. The number of carboxylic acids is 1. The standard InChI is InChI=1S/C27H28ClN3O3/c1-27(2,3)24-13-17(8-9-30-24)20-11-21(15-29-14-20)22-7-6-18(12-23(22)28)25(32)31-10-4-5-19(16-31)26(33)34/h6-9,11-15,19H,4-5,10,16H2,1-3H3,(H,33,34). The normalized spacial score (nSPS) is 16.4. The number of likely N-dealkylation sites (tertiary alicyclic amines) is 1. The number of benzene rings is 1. The van der Waals surface area contributed by atoms with Gasteiger partial charge < -0.3 is 10.0 Å². The Kier molecular flexibility index (Phi) is 6.71. The average molecular weight is 478 g/mol. The fourth-order valence-electron chi connectivity index (χ4n) is 4.19. The average Bonchev–Trinajstić information content (AvgIpc) is 2.83. The highest BCUT2D eigenvalue weighted by molar-refractivity contribution is 6.33. The number of hydrogen-bond acceptors (Lipinski definition) is 4. The predicted octanol–water partition coefficient (Wildman–Crippen LogP) is 5.70. The lowest BCUT2D eigenvalue weighted by atomic mass is 9.90. The predicted molar refractivity (Wildman–Crippen MR) is 133 cm³/mol. The first-order valence-corrected chi connectivity index (χ1v) is 11.8. The van der Waals surface area contributed by atoms with Crippen molar-refractivity contribution in [2.45, 2.75) is 39.0 Å². The summed E-state index contributed by atoms with van der Waals surface area (Å²) in [7, 11) is 0. The van der Waals surface area contributed by atoms with Crippen LogP contribution in [0, 0.1) is 5.92 Å². The molecular weight excluding hydrogens is 450 g/mol. The summed E-state index contributed by atoms with van der Waals surface area (Å²) >= 11 is 6.61. The highest BCUT2D eigenvalue weighted by atomic mass is 35.5. The molecule has 1 saturated heterocycles. The largest absolute Gasteiger partial charge is 0.481 e. The Hall–Kier alpha value is -3.25. The van der Waals surface area contributed by atoms with E-state index in [-0.39, 0.29) is 17.9 Å². The summed E-state index contributed by atoms with van der Waals surface area (Å²) in [5.41, 5.74) is 4.99. The molecule has 1 N–H and O–H groups in total. The monoisotopic (exact) mass is 477 g/mol. The Labute approximate surface area is 204 Å². The Morgan fingerprint density at radius 2 is 1.82 bits per heavy atom. The summed E-state index contributed by atoms with van der Waals surface area (Å²) in [5, 5.41) is 9.75. The molecule has 1 amide bonds. The molecule has 1 aliphatic rings. The molecule has 1 unspecified atom stereocenters. The molecule has 1 fully saturated rings. The lowest BCUT2D eigenvalue weighted by Crippen LogP contribution is -2.42. The van der Waals surface area contributed by atoms with Gasteiger partial charge in [-0.1, -0.05) is 38.4 Å². The lowest BCUT2D eigenvalue weighted by molar-refractivity contribution is -0.143. The zero-order valence-corrected chi connectivity index (χ0v) is 20.3. The third-order valence-electron chi connectivity index (χ3n) is 6.18. The number of pyridine rings is 2. The van der Waals surface area contributed by atoms with Gasteiger partial charge in [-0.2, -0.15) is 0 Å². The van der Waals surface area contributed by atoms with Crippen LogP contribution in [0.15, 0.2) is 55.0 Å². The van der Waals surface area contributed by atoms with E-state index >= 15 is 0 Å². The Bertz CT molecular complexity index is 1240. The molecule has 3 heterocycles. The zero-order chi connectivity index (χ0) is 24.5. The number of carbonyl (C=O) groups excluding carboxylic acids is 1. The lowest BCUT2D eigenvalue weighted by Gasteiger charge is -2.30. The second kappa shape index (κ2) is 9.55. The Morgan fingerprint density at radius 1 is 1.06 bits per heavy atom. The van der Waals surface area contributed by atoms with Gasteiger partial charge in [-0.3, -0.25) is 19.6 Å². The van der Waals surface area contributed by atoms with E-state index in [0.29, 0.717) is 30.0 Å². The maximum atomic E-state index is 13.0. The van der Waals surface area contributed by atoms with E-state index in [2.05, 4.69) is 36.8 Å². The van der Waals surface area contributed by atoms with Crippen LogP contribution in [-0.2, 0) is 10.2 Å². The van der Waals surface area contributed by atoms with Gasteiger partial charge in [-0.05, 0) is 48.7 Å². The van der Waals surface area contributed by atoms with Crippen molar-refractivity contribution in [2.24, 2.45) is 5.92 Å². The van der Waals surface area contributed by atoms with Gasteiger partial charge in [0.1, 0.15) is 0 Å². The van der Waals surface area contributed by atoms with E-state index < -0.39 is 11.9 Å². The summed E-state index contributed by atoms with van der Waals surface area (Å²) in [6, 6.07) is 11.3. The quantitative estimate of drug-likeness (QED) is 0.521. The minimum absolute atomic E-state index is 0.0639. The van der Waals surface area contributed by atoms with Crippen LogP contribution in [-0.4, -0.2) is 44.9 Å². The van der Waals surface area contributed by atoms with Crippen LogP contribution < -0.4 is 0 Å². The number of halogens is 1. The van der Waals surface area contributed by atoms with Crippen LogP contribution in [0.4, 0.5) is 0 Å². The van der Waals surface area contributed by atoms with Gasteiger partial charge in [0.25, 0.3) is 5.91 Å². The zero-order valence-electron chi connectivity index (χ0n) is 19.6. The second-order valence-corrected chi connectivity index (χ2v) is 10.2. The number of carboxylic acid groups (broad SMARTS) is 1. The van der Waals surface area contributed by atoms with Crippen LogP contribution in [0.5, 0.6) is 0 Å². The first-order chi connectivity index (χ1) is 16.1. The molecule has 2 aromatic heterocycles. The van der Waals surface area contributed by atoms with E-state index in [0.717, 1.165) is 27.9 Å². The number of aliphatic carboxylic acids is 1. The third kappa shape index (κ3) is 5.12. The highest BCUT2D eigenvalue weighted by Crippen LogP contribution is 2.32. The molecule has 1 aliphatic heterocycles. The molecule has 0 spiro atoms. The number of aromatic nitrogens is 2. The van der Waals surface area contributed by atoms with Gasteiger partial charge in [-0.15, -0.1) is 0 Å². The minimum atomic E-state index is -0.859. The van der Waals surface area contributed by atoms with E-state index in [1.54, 1.807) is 23.2 Å². The van der Waals surface area contributed by atoms with E-state index in [1.165, 1.54) is 0 Å². The first-order valence-electron chi connectivity index (χ1n) is 11.4. The number of carbonyl (C=O) groups is 2. The number of piperidine rings is 1. The maximum Gasteiger partial charge on any atom is 0.308 e. The number of rotatable bonds is 4. The van der Waals surface area contributed by atoms with Gasteiger partial charge in [0.2, 0.25) is 0 Å². The number of nitrogens with zero attached hydrogens (tertiary/aromatic N) is 3. The summed E-state index contributed by atoms with van der Waals surface area (Å²) in [4.78, 5) is 34.8. The molecule has 176 valence electrons. The van der Waals surface area contributed by atoms with Crippen molar-refractivity contribution in [1.29, 1.82) is 0 Å². The van der Waals surface area contributed by atoms with Crippen LogP contribution in [0.2, 0.25) is 5.02 Å². The first kappa shape index (κ1) is 23.9. The van der Waals surface area contributed by atoms with Gasteiger partial charge in [0.15, 0.2) is 0 Å². The van der Waals surface area contributed by atoms with E-state index in [9.17, 15) is 14.7 Å². The van der Waals surface area contributed by atoms with Crippen LogP contribution in [0.3, 0.4) is 0 Å². The summed E-state index contributed by atoms with van der Waals surface area (Å²) in [6.45, 7) is 7.16. The maximum absolute atomic E-state index is 13.0. The van der Waals surface area contributed by atoms with Gasteiger partial charge in [0.05, 0.1) is 5.92 Å². The Morgan fingerprint density at radius 3 is 2.53 bits per heavy atom. The van der Waals surface area contributed by atoms with Gasteiger partial charge in [0, 0.05) is 70.1 Å². The highest BCUT2D eigenvalue weighted by Gasteiger charge is 2.29. The van der Waals surface area contributed by atoms with Crippen LogP contribution in [0.25, 0.3) is 22.3 Å². The van der Waals surface area contributed by atoms with Crippen molar-refractivity contribution in [1.82, 2.24) is 14.9 Å². The van der Waals surface area contributed by atoms with E-state index in [1.807, 2.05) is 30.6 Å². The summed E-state index contributed by atoms with van der Waals surface area (Å²) in [5.74, 6) is -1.58. The Balaban J connectivity index is 1.59. The smallest absolute Gasteiger partial charge is 0.308 e. The molecule has 1 atom stereocenters. The summed E-state index contributed by atoms with van der Waals surface area (Å²) < 4.78 is 0. The van der Waals surface area contributed by atoms with Crippen molar-refractivity contribution in [3.8, 4) is 22.3 Å². The van der Waals surface area contributed by atoms with E-state index in [4.69, 9.17) is 11.6 Å². The van der Waals surface area contributed by atoms with Crippen LogP contribution >= 0.6 is 11.6 Å². The van der Waals surface area contributed by atoms with Crippen LogP contribution in [0.1, 0.15) is 49.7 Å². The van der Waals surface area contributed by atoms with Crippen molar-refractivity contribution in [3.05, 3.63) is 71.3 Å². The van der Waals surface area contributed by atoms with Crippen molar-refractivity contribution in [3.63, 3.8) is 0 Å². The molecule has 0 radical (unpaired) electrons.